The summed E-state index contributed by atoms with van der Waals surface area (Å²) < 4.78 is 18.9. The van der Waals surface area contributed by atoms with Crippen LogP contribution >= 0.6 is 0 Å². The zero-order chi connectivity index (χ0) is 15.7. The van der Waals surface area contributed by atoms with Crippen LogP contribution in [0.15, 0.2) is 40.8 Å². The summed E-state index contributed by atoms with van der Waals surface area (Å²) in [4.78, 5) is 0. The zero-order valence-corrected chi connectivity index (χ0v) is 12.8. The third-order valence-electron chi connectivity index (χ3n) is 4.05. The molecule has 1 heterocycles. The Bertz CT molecular complexity index is 800. The molecular formula is C19H19FO2. The third-order valence-corrected chi connectivity index (χ3v) is 4.05. The fourth-order valence-corrected chi connectivity index (χ4v) is 2.84. The maximum absolute atomic E-state index is 13.0. The number of phenolic OH excluding ortho intramolecular Hbond substituents is 1. The second-order valence-electron chi connectivity index (χ2n) is 5.65. The van der Waals surface area contributed by atoms with Crippen LogP contribution in [-0.2, 0) is 12.8 Å². The van der Waals surface area contributed by atoms with E-state index in [0.29, 0.717) is 17.8 Å². The molecule has 0 aliphatic carbocycles. The van der Waals surface area contributed by atoms with Crippen LogP contribution in [0, 0.1) is 12.7 Å². The lowest BCUT2D eigenvalue weighted by molar-refractivity contribution is 0.473. The van der Waals surface area contributed by atoms with E-state index in [1.54, 1.807) is 12.1 Å². The Hall–Kier alpha value is -2.29. The Balaban J connectivity index is 2.02. The Kier molecular flexibility index (Phi) is 3.88. The number of aromatic hydroxyl groups is 1. The minimum Gasteiger partial charge on any atom is -0.507 e. The maximum atomic E-state index is 13.0. The van der Waals surface area contributed by atoms with Crippen LogP contribution in [0.1, 0.15) is 35.8 Å². The van der Waals surface area contributed by atoms with Crippen LogP contribution in [-0.4, -0.2) is 5.11 Å². The van der Waals surface area contributed by atoms with Crippen molar-refractivity contribution in [2.45, 2.75) is 33.1 Å². The molecule has 3 aromatic rings. The van der Waals surface area contributed by atoms with E-state index in [4.69, 9.17) is 4.42 Å². The normalized spacial score (nSPS) is 11.2. The number of halogens is 1. The van der Waals surface area contributed by atoms with Crippen molar-refractivity contribution < 1.29 is 13.9 Å². The maximum Gasteiger partial charge on any atom is 0.138 e. The van der Waals surface area contributed by atoms with Crippen LogP contribution in [0.5, 0.6) is 5.75 Å². The molecule has 0 fully saturated rings. The largest absolute Gasteiger partial charge is 0.507 e. The Morgan fingerprint density at radius 2 is 1.82 bits per heavy atom. The molecule has 22 heavy (non-hydrogen) atoms. The van der Waals surface area contributed by atoms with Gasteiger partial charge in [-0.1, -0.05) is 31.5 Å². The molecule has 1 N–H and O–H groups in total. The molecule has 0 aliphatic heterocycles. The third kappa shape index (κ3) is 2.59. The topological polar surface area (TPSA) is 33.4 Å². The molecule has 0 bridgehead atoms. The summed E-state index contributed by atoms with van der Waals surface area (Å²) in [6, 6.07) is 10.2. The molecule has 0 saturated carbocycles. The molecule has 114 valence electrons. The zero-order valence-electron chi connectivity index (χ0n) is 12.8. The van der Waals surface area contributed by atoms with Gasteiger partial charge >= 0.3 is 0 Å². The highest BCUT2D eigenvalue weighted by Crippen LogP contribution is 2.36. The van der Waals surface area contributed by atoms with Crippen molar-refractivity contribution >= 4 is 11.0 Å². The predicted octanol–water partition coefficient (Wildman–Crippen LogP) is 5.13. The van der Waals surface area contributed by atoms with Gasteiger partial charge in [-0.2, -0.15) is 0 Å². The molecule has 0 radical (unpaired) electrons. The van der Waals surface area contributed by atoms with Gasteiger partial charge in [0.05, 0.1) is 5.39 Å². The number of hydrogen-bond acceptors (Lipinski definition) is 2. The first-order valence-electron chi connectivity index (χ1n) is 7.57. The molecule has 2 nitrogen and oxygen atoms in total. The van der Waals surface area contributed by atoms with Gasteiger partial charge in [0.25, 0.3) is 0 Å². The summed E-state index contributed by atoms with van der Waals surface area (Å²) in [5.41, 5.74) is 3.59. The molecule has 0 spiro atoms. The monoisotopic (exact) mass is 298 g/mol. The van der Waals surface area contributed by atoms with E-state index in [9.17, 15) is 9.50 Å². The lowest BCUT2D eigenvalue weighted by Crippen LogP contribution is -1.89. The molecule has 2 aromatic carbocycles. The average molecular weight is 298 g/mol. The molecule has 0 amide bonds. The van der Waals surface area contributed by atoms with Gasteiger partial charge in [-0.15, -0.1) is 0 Å². The fourth-order valence-electron chi connectivity index (χ4n) is 2.84. The van der Waals surface area contributed by atoms with Crippen molar-refractivity contribution in [2.75, 3.05) is 0 Å². The van der Waals surface area contributed by atoms with Gasteiger partial charge in [-0.05, 0) is 42.7 Å². The Morgan fingerprint density at radius 3 is 2.50 bits per heavy atom. The predicted molar refractivity (Wildman–Crippen MR) is 85.8 cm³/mol. The van der Waals surface area contributed by atoms with E-state index >= 15 is 0 Å². The van der Waals surface area contributed by atoms with E-state index in [1.807, 2.05) is 19.1 Å². The van der Waals surface area contributed by atoms with Crippen molar-refractivity contribution in [2.24, 2.45) is 0 Å². The van der Waals surface area contributed by atoms with Gasteiger partial charge in [-0.3, -0.25) is 0 Å². The Labute approximate surface area is 129 Å². The summed E-state index contributed by atoms with van der Waals surface area (Å²) in [6.45, 7) is 4.05. The highest BCUT2D eigenvalue weighted by Gasteiger charge is 2.16. The SMILES string of the molecule is CCCc1ccc2oc(Cc3ccc(F)cc3)c(C)c2c1O. The molecule has 0 unspecified atom stereocenters. The number of hydrogen-bond donors (Lipinski definition) is 1. The van der Waals surface area contributed by atoms with Gasteiger partial charge in [0.15, 0.2) is 0 Å². The van der Waals surface area contributed by atoms with Crippen molar-refractivity contribution in [1.29, 1.82) is 0 Å². The summed E-state index contributed by atoms with van der Waals surface area (Å²) in [7, 11) is 0. The Morgan fingerprint density at radius 1 is 1.09 bits per heavy atom. The molecule has 1 aromatic heterocycles. The van der Waals surface area contributed by atoms with E-state index in [1.165, 1.54) is 12.1 Å². The molecular weight excluding hydrogens is 279 g/mol. The standard InChI is InChI=1S/C19H19FO2/c1-3-4-14-7-10-16-18(19(14)21)12(2)17(22-16)11-13-5-8-15(20)9-6-13/h5-10,21H,3-4,11H2,1-2H3. The van der Waals surface area contributed by atoms with Gasteiger partial charge in [-0.25, -0.2) is 4.39 Å². The smallest absolute Gasteiger partial charge is 0.138 e. The van der Waals surface area contributed by atoms with E-state index < -0.39 is 0 Å². The van der Waals surface area contributed by atoms with Gasteiger partial charge < -0.3 is 9.52 Å². The van der Waals surface area contributed by atoms with Crippen molar-refractivity contribution in [3.05, 3.63) is 64.7 Å². The van der Waals surface area contributed by atoms with Crippen LogP contribution < -0.4 is 0 Å². The first kappa shape index (κ1) is 14.6. The number of benzene rings is 2. The fraction of sp³-hybridized carbons (Fsp3) is 0.263. The highest BCUT2D eigenvalue weighted by molar-refractivity contribution is 5.89. The number of furan rings is 1. The molecule has 0 atom stereocenters. The molecule has 3 rings (SSSR count). The summed E-state index contributed by atoms with van der Waals surface area (Å²) in [5.74, 6) is 0.892. The minimum atomic E-state index is -0.244. The van der Waals surface area contributed by atoms with E-state index in [0.717, 1.165) is 40.7 Å². The lowest BCUT2D eigenvalue weighted by atomic mass is 10.0. The average Bonchev–Trinajstić information content (AvgIpc) is 2.82. The van der Waals surface area contributed by atoms with E-state index in [2.05, 4.69) is 6.92 Å². The first-order chi connectivity index (χ1) is 10.6. The number of rotatable bonds is 4. The van der Waals surface area contributed by atoms with Gasteiger partial charge in [0, 0.05) is 12.0 Å². The number of aryl methyl sites for hydroxylation is 2. The summed E-state index contributed by atoms with van der Waals surface area (Å²) in [5, 5.41) is 11.3. The van der Waals surface area contributed by atoms with Gasteiger partial charge in [0.1, 0.15) is 22.9 Å². The van der Waals surface area contributed by atoms with Crippen LogP contribution in [0.2, 0.25) is 0 Å². The summed E-state index contributed by atoms with van der Waals surface area (Å²) >= 11 is 0. The van der Waals surface area contributed by atoms with Crippen LogP contribution in [0.25, 0.3) is 11.0 Å². The molecule has 3 heteroatoms. The number of phenols is 1. The van der Waals surface area contributed by atoms with Crippen molar-refractivity contribution in [3.8, 4) is 5.75 Å². The highest BCUT2D eigenvalue weighted by atomic mass is 19.1. The second kappa shape index (κ2) is 5.84. The first-order valence-corrected chi connectivity index (χ1v) is 7.57. The minimum absolute atomic E-state index is 0.244. The van der Waals surface area contributed by atoms with Crippen LogP contribution in [0.3, 0.4) is 0 Å². The van der Waals surface area contributed by atoms with E-state index in [-0.39, 0.29) is 5.82 Å². The number of fused-ring (bicyclic) bond motifs is 1. The van der Waals surface area contributed by atoms with Crippen LogP contribution in [0.4, 0.5) is 4.39 Å². The quantitative estimate of drug-likeness (QED) is 0.724. The molecule has 0 aliphatic rings. The van der Waals surface area contributed by atoms with Crippen molar-refractivity contribution in [3.63, 3.8) is 0 Å². The van der Waals surface area contributed by atoms with Crippen molar-refractivity contribution in [1.82, 2.24) is 0 Å². The second-order valence-corrected chi connectivity index (χ2v) is 5.65. The summed E-state index contributed by atoms with van der Waals surface area (Å²) in [6.07, 6.45) is 2.42. The lowest BCUT2D eigenvalue weighted by Gasteiger charge is -2.04. The van der Waals surface area contributed by atoms with Gasteiger partial charge in [0.2, 0.25) is 0 Å². The molecule has 0 saturated heterocycles.